The lowest BCUT2D eigenvalue weighted by molar-refractivity contribution is 0.386. The van der Waals surface area contributed by atoms with Crippen molar-refractivity contribution in [3.63, 3.8) is 0 Å². The highest BCUT2D eigenvalue weighted by molar-refractivity contribution is 5.59. The van der Waals surface area contributed by atoms with Crippen molar-refractivity contribution in [2.75, 3.05) is 19.5 Å². The predicted molar refractivity (Wildman–Crippen MR) is 77.5 cm³/mol. The monoisotopic (exact) mass is 275 g/mol. The van der Waals surface area contributed by atoms with Gasteiger partial charge >= 0.3 is 0 Å². The number of aryl methyl sites for hydroxylation is 1. The molecule has 0 spiro atoms. The van der Waals surface area contributed by atoms with E-state index in [0.717, 1.165) is 24.4 Å². The number of benzene rings is 1. The molecule has 0 atom stereocenters. The van der Waals surface area contributed by atoms with E-state index in [-0.39, 0.29) is 5.75 Å². The Morgan fingerprint density at radius 2 is 2.05 bits per heavy atom. The molecular formula is C15H18FN3O. The normalized spacial score (nSPS) is 10.4. The van der Waals surface area contributed by atoms with Crippen LogP contribution in [0.15, 0.2) is 24.3 Å². The molecule has 4 nitrogen and oxygen atoms in total. The molecule has 0 saturated heterocycles. The molecule has 0 aliphatic rings. The topological polar surface area (TPSA) is 47.0 Å². The first-order valence-electron chi connectivity index (χ1n) is 6.57. The maximum absolute atomic E-state index is 13.8. The maximum atomic E-state index is 13.8. The fraction of sp³-hybridized carbons (Fsp3) is 0.333. The van der Waals surface area contributed by atoms with Gasteiger partial charge in [0, 0.05) is 24.4 Å². The number of anilines is 1. The van der Waals surface area contributed by atoms with Crippen LogP contribution in [0, 0.1) is 5.82 Å². The standard InChI is InChI=1S/C15H18FN3O/c1-4-5-11-9-14(17-2)19-15(18-11)10-6-7-13(20-3)12(16)8-10/h6-9H,4-5H2,1-3H3,(H,17,18,19). The molecule has 5 heteroatoms. The lowest BCUT2D eigenvalue weighted by Crippen LogP contribution is -2.01. The summed E-state index contributed by atoms with van der Waals surface area (Å²) in [4.78, 5) is 8.85. The van der Waals surface area contributed by atoms with Crippen LogP contribution < -0.4 is 10.1 Å². The molecule has 0 amide bonds. The number of halogens is 1. The SMILES string of the molecule is CCCc1cc(NC)nc(-c2ccc(OC)c(F)c2)n1. The number of aromatic nitrogens is 2. The second-order valence-corrected chi connectivity index (χ2v) is 4.42. The molecule has 106 valence electrons. The molecule has 0 radical (unpaired) electrons. The van der Waals surface area contributed by atoms with Crippen molar-refractivity contribution in [3.05, 3.63) is 35.8 Å². The third-order valence-electron chi connectivity index (χ3n) is 2.95. The zero-order chi connectivity index (χ0) is 14.5. The summed E-state index contributed by atoms with van der Waals surface area (Å²) in [6.45, 7) is 2.09. The highest BCUT2D eigenvalue weighted by Crippen LogP contribution is 2.24. The van der Waals surface area contributed by atoms with E-state index in [2.05, 4.69) is 22.2 Å². The highest BCUT2D eigenvalue weighted by Gasteiger charge is 2.09. The van der Waals surface area contributed by atoms with E-state index in [1.165, 1.54) is 13.2 Å². The first kappa shape index (κ1) is 14.2. The Hall–Kier alpha value is -2.17. The summed E-state index contributed by atoms with van der Waals surface area (Å²) >= 11 is 0. The maximum Gasteiger partial charge on any atom is 0.165 e. The predicted octanol–water partition coefficient (Wildman–Crippen LogP) is 3.29. The third kappa shape index (κ3) is 3.04. The zero-order valence-electron chi connectivity index (χ0n) is 11.9. The third-order valence-corrected chi connectivity index (χ3v) is 2.95. The second-order valence-electron chi connectivity index (χ2n) is 4.42. The summed E-state index contributed by atoms with van der Waals surface area (Å²) in [7, 11) is 3.24. The van der Waals surface area contributed by atoms with Crippen molar-refractivity contribution in [2.45, 2.75) is 19.8 Å². The largest absolute Gasteiger partial charge is 0.494 e. The lowest BCUT2D eigenvalue weighted by Gasteiger charge is -2.08. The minimum Gasteiger partial charge on any atom is -0.494 e. The molecule has 2 rings (SSSR count). The Kier molecular flexibility index (Phi) is 4.50. The van der Waals surface area contributed by atoms with Gasteiger partial charge in [0.2, 0.25) is 0 Å². The van der Waals surface area contributed by atoms with E-state index >= 15 is 0 Å². The Balaban J connectivity index is 2.45. The lowest BCUT2D eigenvalue weighted by atomic mass is 10.1. The Morgan fingerprint density at radius 3 is 2.65 bits per heavy atom. The van der Waals surface area contributed by atoms with E-state index in [1.807, 2.05) is 6.07 Å². The van der Waals surface area contributed by atoms with E-state index in [0.29, 0.717) is 11.4 Å². The van der Waals surface area contributed by atoms with Crippen LogP contribution in [-0.2, 0) is 6.42 Å². The summed E-state index contributed by atoms with van der Waals surface area (Å²) in [6, 6.07) is 6.64. The van der Waals surface area contributed by atoms with Gasteiger partial charge in [0.1, 0.15) is 5.82 Å². The van der Waals surface area contributed by atoms with Gasteiger partial charge in [0.15, 0.2) is 17.4 Å². The van der Waals surface area contributed by atoms with Crippen LogP contribution in [0.2, 0.25) is 0 Å². The van der Waals surface area contributed by atoms with Crippen molar-refractivity contribution in [1.29, 1.82) is 0 Å². The highest BCUT2D eigenvalue weighted by atomic mass is 19.1. The fourth-order valence-electron chi connectivity index (χ4n) is 1.94. The van der Waals surface area contributed by atoms with Crippen LogP contribution in [0.3, 0.4) is 0 Å². The van der Waals surface area contributed by atoms with Gasteiger partial charge in [-0.1, -0.05) is 13.3 Å². The Morgan fingerprint density at radius 1 is 1.25 bits per heavy atom. The smallest absolute Gasteiger partial charge is 0.165 e. The summed E-state index contributed by atoms with van der Waals surface area (Å²) in [5.74, 6) is 1.05. The molecule has 1 aromatic heterocycles. The minimum atomic E-state index is -0.416. The van der Waals surface area contributed by atoms with Gasteiger partial charge in [-0.05, 0) is 24.6 Å². The van der Waals surface area contributed by atoms with Gasteiger partial charge in [0.05, 0.1) is 7.11 Å². The second kappa shape index (κ2) is 6.32. The van der Waals surface area contributed by atoms with E-state index in [1.54, 1.807) is 19.2 Å². The van der Waals surface area contributed by atoms with Crippen LogP contribution in [0.4, 0.5) is 10.2 Å². The summed E-state index contributed by atoms with van der Waals surface area (Å²) in [5, 5.41) is 3.00. The van der Waals surface area contributed by atoms with Gasteiger partial charge < -0.3 is 10.1 Å². The van der Waals surface area contributed by atoms with Crippen molar-refractivity contribution in [2.24, 2.45) is 0 Å². The van der Waals surface area contributed by atoms with Gasteiger partial charge in [-0.25, -0.2) is 14.4 Å². The van der Waals surface area contributed by atoms with Crippen LogP contribution in [0.1, 0.15) is 19.0 Å². The summed E-state index contributed by atoms with van der Waals surface area (Å²) in [6.07, 6.45) is 1.86. The molecule has 0 unspecified atom stereocenters. The molecule has 0 saturated carbocycles. The van der Waals surface area contributed by atoms with Gasteiger partial charge in [-0.3, -0.25) is 0 Å². The first-order valence-corrected chi connectivity index (χ1v) is 6.57. The molecule has 1 N–H and O–H groups in total. The van der Waals surface area contributed by atoms with Crippen molar-refractivity contribution >= 4 is 5.82 Å². The number of hydrogen-bond donors (Lipinski definition) is 1. The number of nitrogens with one attached hydrogen (secondary N) is 1. The average Bonchev–Trinajstić information content (AvgIpc) is 2.47. The molecular weight excluding hydrogens is 257 g/mol. The average molecular weight is 275 g/mol. The zero-order valence-corrected chi connectivity index (χ0v) is 11.9. The van der Waals surface area contributed by atoms with Gasteiger partial charge in [-0.15, -0.1) is 0 Å². The van der Waals surface area contributed by atoms with Crippen LogP contribution in [0.5, 0.6) is 5.75 Å². The molecule has 1 heterocycles. The molecule has 1 aromatic carbocycles. The molecule has 0 bridgehead atoms. The quantitative estimate of drug-likeness (QED) is 0.909. The van der Waals surface area contributed by atoms with Crippen molar-refractivity contribution < 1.29 is 9.13 Å². The van der Waals surface area contributed by atoms with Crippen molar-refractivity contribution in [1.82, 2.24) is 9.97 Å². The van der Waals surface area contributed by atoms with Crippen LogP contribution in [0.25, 0.3) is 11.4 Å². The van der Waals surface area contributed by atoms with E-state index in [9.17, 15) is 4.39 Å². The Labute approximate surface area is 118 Å². The van der Waals surface area contributed by atoms with Crippen LogP contribution in [-0.4, -0.2) is 24.1 Å². The summed E-state index contributed by atoms with van der Waals surface area (Å²) < 4.78 is 18.7. The molecule has 0 aliphatic heterocycles. The number of methoxy groups -OCH3 is 1. The number of ether oxygens (including phenoxy) is 1. The van der Waals surface area contributed by atoms with E-state index in [4.69, 9.17) is 4.74 Å². The first-order chi connectivity index (χ1) is 9.67. The number of nitrogens with zero attached hydrogens (tertiary/aromatic N) is 2. The molecule has 20 heavy (non-hydrogen) atoms. The van der Waals surface area contributed by atoms with Crippen LogP contribution >= 0.6 is 0 Å². The molecule has 0 fully saturated rings. The van der Waals surface area contributed by atoms with Gasteiger partial charge in [-0.2, -0.15) is 0 Å². The van der Waals surface area contributed by atoms with Gasteiger partial charge in [0.25, 0.3) is 0 Å². The fourth-order valence-corrected chi connectivity index (χ4v) is 1.94. The number of hydrogen-bond acceptors (Lipinski definition) is 4. The van der Waals surface area contributed by atoms with Crippen molar-refractivity contribution in [3.8, 4) is 17.1 Å². The molecule has 0 aliphatic carbocycles. The minimum absolute atomic E-state index is 0.215. The number of rotatable bonds is 5. The van der Waals surface area contributed by atoms with E-state index < -0.39 is 5.82 Å². The summed E-state index contributed by atoms with van der Waals surface area (Å²) in [5.41, 5.74) is 1.58. The molecule has 2 aromatic rings. The Bertz CT molecular complexity index is 602.